The topological polar surface area (TPSA) is 82.5 Å². The summed E-state index contributed by atoms with van der Waals surface area (Å²) in [5.41, 5.74) is 1.02. The first-order valence-corrected chi connectivity index (χ1v) is 11.4. The van der Waals surface area contributed by atoms with E-state index >= 15 is 0 Å². The number of methoxy groups -OCH3 is 1. The van der Waals surface area contributed by atoms with Crippen molar-refractivity contribution in [2.24, 2.45) is 0 Å². The first-order valence-electron chi connectivity index (χ1n) is 11.4. The minimum Gasteiger partial charge on any atom is -0.493 e. The van der Waals surface area contributed by atoms with E-state index in [1.807, 2.05) is 18.2 Å². The highest BCUT2D eigenvalue weighted by molar-refractivity contribution is 6.11. The number of ether oxygens (including phenoxy) is 2. The molecule has 0 saturated heterocycles. The zero-order chi connectivity index (χ0) is 23.5. The molecule has 1 N–H and O–H groups in total. The van der Waals surface area contributed by atoms with Crippen molar-refractivity contribution in [3.8, 4) is 17.2 Å². The largest absolute Gasteiger partial charge is 0.493 e. The number of aromatic nitrogens is 2. The van der Waals surface area contributed by atoms with Crippen LogP contribution in [0.5, 0.6) is 11.5 Å². The van der Waals surface area contributed by atoms with Crippen molar-refractivity contribution in [1.29, 1.82) is 0 Å². The van der Waals surface area contributed by atoms with Crippen molar-refractivity contribution in [1.82, 2.24) is 9.78 Å². The van der Waals surface area contributed by atoms with Gasteiger partial charge in [0.05, 0.1) is 24.3 Å². The minimum atomic E-state index is -0.419. The van der Waals surface area contributed by atoms with Crippen molar-refractivity contribution in [2.75, 3.05) is 12.4 Å². The maximum Gasteiger partial charge on any atom is 0.279 e. The highest BCUT2D eigenvalue weighted by Crippen LogP contribution is 2.34. The van der Waals surface area contributed by atoms with Gasteiger partial charge in [-0.05, 0) is 56.0 Å². The van der Waals surface area contributed by atoms with Gasteiger partial charge in [-0.3, -0.25) is 9.59 Å². The van der Waals surface area contributed by atoms with Crippen LogP contribution in [-0.2, 0) is 0 Å². The molecule has 0 spiro atoms. The van der Waals surface area contributed by atoms with Gasteiger partial charge in [0.25, 0.3) is 11.5 Å². The summed E-state index contributed by atoms with van der Waals surface area (Å²) in [5.74, 6) is 0.795. The second kappa shape index (κ2) is 9.39. The highest BCUT2D eigenvalue weighted by atomic mass is 16.5. The van der Waals surface area contributed by atoms with Gasteiger partial charge in [-0.2, -0.15) is 9.78 Å². The molecule has 0 unspecified atom stereocenters. The Morgan fingerprint density at radius 3 is 2.38 bits per heavy atom. The van der Waals surface area contributed by atoms with Gasteiger partial charge in [0.1, 0.15) is 0 Å². The number of anilines is 1. The number of carbonyl (C=O) groups excluding carboxylic acids is 1. The molecule has 4 aromatic rings. The molecule has 7 heteroatoms. The predicted molar refractivity (Wildman–Crippen MR) is 131 cm³/mol. The monoisotopic (exact) mass is 455 g/mol. The molecule has 1 saturated carbocycles. The van der Waals surface area contributed by atoms with Gasteiger partial charge in [-0.25, -0.2) is 0 Å². The second-order valence-corrected chi connectivity index (χ2v) is 8.29. The third-order valence-corrected chi connectivity index (χ3v) is 6.04. The van der Waals surface area contributed by atoms with E-state index in [9.17, 15) is 9.59 Å². The number of para-hydroxylation sites is 1. The lowest BCUT2D eigenvalue weighted by Crippen LogP contribution is -2.26. The molecule has 1 amide bonds. The van der Waals surface area contributed by atoms with Gasteiger partial charge in [0.2, 0.25) is 0 Å². The number of nitrogens with zero attached hydrogens (tertiary/aromatic N) is 2. The van der Waals surface area contributed by atoms with E-state index in [0.29, 0.717) is 33.6 Å². The molecule has 3 aromatic carbocycles. The summed E-state index contributed by atoms with van der Waals surface area (Å²) in [6, 6.07) is 21.4. The van der Waals surface area contributed by atoms with Crippen molar-refractivity contribution >= 4 is 22.4 Å². The predicted octanol–water partition coefficient (Wildman–Crippen LogP) is 4.97. The number of fused-ring (bicyclic) bond motifs is 1. The van der Waals surface area contributed by atoms with E-state index in [1.165, 1.54) is 4.68 Å². The molecule has 1 aliphatic carbocycles. The molecule has 1 aliphatic rings. The quantitative estimate of drug-likeness (QED) is 0.444. The molecule has 0 bridgehead atoms. The Morgan fingerprint density at radius 2 is 1.65 bits per heavy atom. The van der Waals surface area contributed by atoms with Crippen LogP contribution in [0.25, 0.3) is 16.5 Å². The number of amides is 1. The first-order chi connectivity index (χ1) is 16.6. The van der Waals surface area contributed by atoms with Crippen LogP contribution < -0.4 is 20.3 Å². The highest BCUT2D eigenvalue weighted by Gasteiger charge is 2.21. The number of hydrogen-bond acceptors (Lipinski definition) is 5. The number of rotatable bonds is 6. The molecule has 172 valence electrons. The fourth-order valence-corrected chi connectivity index (χ4v) is 4.32. The van der Waals surface area contributed by atoms with Crippen molar-refractivity contribution in [3.63, 3.8) is 0 Å². The summed E-state index contributed by atoms with van der Waals surface area (Å²) in [7, 11) is 1.60. The molecule has 1 heterocycles. The smallest absolute Gasteiger partial charge is 0.279 e. The Balaban J connectivity index is 1.52. The van der Waals surface area contributed by atoms with Crippen LogP contribution in [0.4, 0.5) is 5.69 Å². The molecule has 5 rings (SSSR count). The number of nitrogens with one attached hydrogen (secondary N) is 1. The molecule has 1 aromatic heterocycles. The zero-order valence-corrected chi connectivity index (χ0v) is 18.9. The first kappa shape index (κ1) is 21.7. The Morgan fingerprint density at radius 1 is 0.941 bits per heavy atom. The average Bonchev–Trinajstić information content (AvgIpc) is 3.38. The fraction of sp³-hybridized carbons (Fsp3) is 0.222. The van der Waals surface area contributed by atoms with E-state index in [0.717, 1.165) is 25.7 Å². The Bertz CT molecular complexity index is 1390. The molecule has 1 fully saturated rings. The lowest BCUT2D eigenvalue weighted by Gasteiger charge is -2.17. The van der Waals surface area contributed by atoms with Crippen LogP contribution in [0.2, 0.25) is 0 Å². The summed E-state index contributed by atoms with van der Waals surface area (Å²) in [6.45, 7) is 0. The number of carbonyl (C=O) groups is 1. The molecular weight excluding hydrogens is 430 g/mol. The van der Waals surface area contributed by atoms with Gasteiger partial charge in [-0.1, -0.05) is 36.4 Å². The standard InChI is InChI=1S/C27H25N3O4/c1-33-23-16-15-18(17-24(23)34-20-11-5-6-12-20)28-26(31)25-21-13-7-8-14-22(21)27(32)30(29-25)19-9-3-2-4-10-19/h2-4,7-10,13-17,20H,5-6,11-12H2,1H3,(H,28,31). The summed E-state index contributed by atoms with van der Waals surface area (Å²) >= 11 is 0. The zero-order valence-electron chi connectivity index (χ0n) is 18.9. The van der Waals surface area contributed by atoms with E-state index in [4.69, 9.17) is 9.47 Å². The van der Waals surface area contributed by atoms with Crippen LogP contribution in [-0.4, -0.2) is 28.9 Å². The lowest BCUT2D eigenvalue weighted by atomic mass is 10.1. The van der Waals surface area contributed by atoms with E-state index in [-0.39, 0.29) is 17.4 Å². The SMILES string of the molecule is COc1ccc(NC(=O)c2nn(-c3ccccc3)c(=O)c3ccccc23)cc1OC1CCCC1. The maximum absolute atomic E-state index is 13.4. The van der Waals surface area contributed by atoms with Crippen molar-refractivity contribution < 1.29 is 14.3 Å². The Hall–Kier alpha value is -4.13. The third-order valence-electron chi connectivity index (χ3n) is 6.04. The van der Waals surface area contributed by atoms with E-state index in [2.05, 4.69) is 10.4 Å². The normalized spacial score (nSPS) is 13.7. The molecule has 7 nitrogen and oxygen atoms in total. The Labute approximate surface area is 196 Å². The Kier molecular flexibility index (Phi) is 5.99. The molecule has 0 radical (unpaired) electrons. The maximum atomic E-state index is 13.4. The molecule has 0 atom stereocenters. The van der Waals surface area contributed by atoms with Crippen molar-refractivity contribution in [3.05, 3.63) is 88.8 Å². The fourth-order valence-electron chi connectivity index (χ4n) is 4.32. The molecule has 0 aliphatic heterocycles. The molecule has 34 heavy (non-hydrogen) atoms. The van der Waals surface area contributed by atoms with E-state index < -0.39 is 5.91 Å². The summed E-state index contributed by atoms with van der Waals surface area (Å²) < 4.78 is 12.9. The van der Waals surface area contributed by atoms with Gasteiger partial charge < -0.3 is 14.8 Å². The van der Waals surface area contributed by atoms with E-state index in [1.54, 1.807) is 61.7 Å². The lowest BCUT2D eigenvalue weighted by molar-refractivity contribution is 0.102. The summed E-state index contributed by atoms with van der Waals surface area (Å²) in [5, 5.41) is 8.27. The van der Waals surface area contributed by atoms with Gasteiger partial charge >= 0.3 is 0 Å². The van der Waals surface area contributed by atoms with Crippen LogP contribution in [0.1, 0.15) is 36.2 Å². The van der Waals surface area contributed by atoms with Crippen LogP contribution in [0, 0.1) is 0 Å². The van der Waals surface area contributed by atoms with Crippen molar-refractivity contribution in [2.45, 2.75) is 31.8 Å². The van der Waals surface area contributed by atoms with Crippen LogP contribution in [0.15, 0.2) is 77.6 Å². The number of benzene rings is 3. The average molecular weight is 456 g/mol. The summed E-state index contributed by atoms with van der Waals surface area (Å²) in [4.78, 5) is 26.5. The second-order valence-electron chi connectivity index (χ2n) is 8.29. The van der Waals surface area contributed by atoms with Crippen LogP contribution in [0.3, 0.4) is 0 Å². The summed E-state index contributed by atoms with van der Waals surface area (Å²) in [6.07, 6.45) is 4.48. The van der Waals surface area contributed by atoms with Gasteiger partial charge in [-0.15, -0.1) is 0 Å². The third kappa shape index (κ3) is 4.24. The van der Waals surface area contributed by atoms with Gasteiger partial charge in [0, 0.05) is 17.1 Å². The number of hydrogen-bond donors (Lipinski definition) is 1. The minimum absolute atomic E-state index is 0.153. The molecular formula is C27H25N3O4. The van der Waals surface area contributed by atoms with Gasteiger partial charge in [0.15, 0.2) is 17.2 Å². The van der Waals surface area contributed by atoms with Crippen LogP contribution >= 0.6 is 0 Å².